The summed E-state index contributed by atoms with van der Waals surface area (Å²) in [5, 5.41) is 3.57. The van der Waals surface area contributed by atoms with E-state index in [1.807, 2.05) is 78.7 Å². The van der Waals surface area contributed by atoms with Gasteiger partial charge in [-0.3, -0.25) is 14.4 Å². The maximum Gasteiger partial charge on any atom is 0.238 e. The molecule has 4 atom stereocenters. The van der Waals surface area contributed by atoms with Crippen molar-refractivity contribution < 1.29 is 19.1 Å². The van der Waals surface area contributed by atoms with E-state index in [0.29, 0.717) is 39.8 Å². The first kappa shape index (κ1) is 27.2. The van der Waals surface area contributed by atoms with Gasteiger partial charge in [0.05, 0.1) is 24.1 Å². The fourth-order valence-electron chi connectivity index (χ4n) is 7.13. The van der Waals surface area contributed by atoms with Crippen molar-refractivity contribution in [1.82, 2.24) is 4.90 Å². The Balaban J connectivity index is 1.51. The first-order chi connectivity index (χ1) is 21.0. The largest absolute Gasteiger partial charge is 0.493 e. The lowest BCUT2D eigenvalue weighted by molar-refractivity contribution is -0.122. The highest BCUT2D eigenvalue weighted by atomic mass is 35.5. The molecule has 1 amide bonds. The highest BCUT2D eigenvalue weighted by Gasteiger charge is 2.70. The van der Waals surface area contributed by atoms with Crippen LogP contribution in [0.3, 0.4) is 0 Å². The topological polar surface area (TPSA) is 75.7 Å². The lowest BCUT2D eigenvalue weighted by Crippen LogP contribution is -2.49. The SMILES string of the molecule is CCCOc1ccccc1C(=O)[C@@H]1[C@H](C(=O)c2ccc(Cl)cc2)[C@@]2(C(=O)Nc3ccccc32)[C@H]2c3ccccc3C=CN12. The van der Waals surface area contributed by atoms with Gasteiger partial charge in [0.2, 0.25) is 5.91 Å². The summed E-state index contributed by atoms with van der Waals surface area (Å²) < 4.78 is 6.01. The van der Waals surface area contributed by atoms with Crippen LogP contribution in [0.25, 0.3) is 6.08 Å². The second kappa shape index (κ2) is 10.5. The van der Waals surface area contributed by atoms with E-state index in [2.05, 4.69) is 5.32 Å². The van der Waals surface area contributed by atoms with E-state index in [4.69, 9.17) is 16.3 Å². The molecule has 0 radical (unpaired) electrons. The molecular weight excluding hydrogens is 560 g/mol. The number of fused-ring (bicyclic) bond motifs is 6. The highest BCUT2D eigenvalue weighted by Crippen LogP contribution is 2.62. The molecule has 1 N–H and O–H groups in total. The van der Waals surface area contributed by atoms with Crippen molar-refractivity contribution in [3.63, 3.8) is 0 Å². The zero-order valence-corrected chi connectivity index (χ0v) is 24.3. The van der Waals surface area contributed by atoms with Crippen molar-refractivity contribution in [3.8, 4) is 5.75 Å². The maximum atomic E-state index is 14.9. The normalized spacial score (nSPS) is 23.0. The van der Waals surface area contributed by atoms with Crippen LogP contribution in [0.2, 0.25) is 5.02 Å². The van der Waals surface area contributed by atoms with Crippen LogP contribution in [0, 0.1) is 5.92 Å². The van der Waals surface area contributed by atoms with Crippen molar-refractivity contribution in [2.75, 3.05) is 11.9 Å². The summed E-state index contributed by atoms with van der Waals surface area (Å²) in [7, 11) is 0. The summed E-state index contributed by atoms with van der Waals surface area (Å²) in [4.78, 5) is 46.3. The molecule has 0 saturated carbocycles. The molecule has 4 aromatic carbocycles. The van der Waals surface area contributed by atoms with Crippen molar-refractivity contribution in [3.05, 3.63) is 136 Å². The third kappa shape index (κ3) is 4.04. The van der Waals surface area contributed by atoms with Gasteiger partial charge in [0.15, 0.2) is 11.6 Å². The summed E-state index contributed by atoms with van der Waals surface area (Å²) in [5.74, 6) is -1.48. The monoisotopic (exact) mass is 588 g/mol. The van der Waals surface area contributed by atoms with Crippen molar-refractivity contribution >= 4 is 40.8 Å². The molecule has 0 bridgehead atoms. The predicted molar refractivity (Wildman–Crippen MR) is 166 cm³/mol. The molecule has 0 aliphatic carbocycles. The van der Waals surface area contributed by atoms with Gasteiger partial charge in [-0.05, 0) is 71.7 Å². The molecule has 0 aromatic heterocycles. The first-order valence-electron chi connectivity index (χ1n) is 14.5. The number of Topliss-reactive ketones (excluding diaryl/α,β-unsaturated/α-hetero) is 2. The van der Waals surface area contributed by atoms with E-state index in [1.54, 1.807) is 42.5 Å². The Bertz CT molecular complexity index is 1800. The number of anilines is 1. The van der Waals surface area contributed by atoms with Gasteiger partial charge in [-0.1, -0.05) is 73.1 Å². The molecule has 3 aliphatic rings. The second-order valence-corrected chi connectivity index (χ2v) is 11.6. The summed E-state index contributed by atoms with van der Waals surface area (Å²) >= 11 is 6.20. The fourth-order valence-corrected chi connectivity index (χ4v) is 7.25. The van der Waals surface area contributed by atoms with E-state index >= 15 is 0 Å². The molecule has 1 fully saturated rings. The van der Waals surface area contributed by atoms with Crippen LogP contribution in [0.15, 0.2) is 103 Å². The molecule has 1 saturated heterocycles. The van der Waals surface area contributed by atoms with Crippen LogP contribution in [-0.4, -0.2) is 35.0 Å². The maximum absolute atomic E-state index is 14.9. The van der Waals surface area contributed by atoms with Crippen molar-refractivity contribution in [1.29, 1.82) is 0 Å². The minimum atomic E-state index is -1.40. The molecule has 3 aliphatic heterocycles. The summed E-state index contributed by atoms with van der Waals surface area (Å²) in [5.41, 5.74) is 2.55. The van der Waals surface area contributed by atoms with Gasteiger partial charge in [-0.25, -0.2) is 0 Å². The van der Waals surface area contributed by atoms with Gasteiger partial charge >= 0.3 is 0 Å². The lowest BCUT2D eigenvalue weighted by Gasteiger charge is -2.38. The predicted octanol–water partition coefficient (Wildman–Crippen LogP) is 7.11. The zero-order valence-electron chi connectivity index (χ0n) is 23.5. The smallest absolute Gasteiger partial charge is 0.238 e. The minimum Gasteiger partial charge on any atom is -0.493 e. The number of rotatable bonds is 7. The van der Waals surface area contributed by atoms with E-state index < -0.39 is 23.4 Å². The molecule has 4 aromatic rings. The van der Waals surface area contributed by atoms with Gasteiger partial charge in [0.25, 0.3) is 0 Å². The average molecular weight is 589 g/mol. The number of hydrogen-bond acceptors (Lipinski definition) is 5. The molecular formula is C36H29ClN2O4. The van der Waals surface area contributed by atoms with Crippen LogP contribution < -0.4 is 10.1 Å². The Kier molecular flexibility index (Phi) is 6.66. The van der Waals surface area contributed by atoms with Crippen LogP contribution >= 0.6 is 11.6 Å². The number of halogens is 1. The minimum absolute atomic E-state index is 0.276. The van der Waals surface area contributed by atoms with Gasteiger partial charge in [0, 0.05) is 22.5 Å². The number of hydrogen-bond donors (Lipinski definition) is 1. The van der Waals surface area contributed by atoms with Crippen molar-refractivity contribution in [2.45, 2.75) is 30.8 Å². The number of amides is 1. The van der Waals surface area contributed by atoms with Gasteiger partial charge in [-0.15, -0.1) is 0 Å². The Labute approximate surface area is 254 Å². The summed E-state index contributed by atoms with van der Waals surface area (Å²) in [6.07, 6.45) is 4.60. The molecule has 7 heteroatoms. The van der Waals surface area contributed by atoms with E-state index in [1.165, 1.54) is 0 Å². The molecule has 1 spiro atoms. The number of nitrogens with zero attached hydrogens (tertiary/aromatic N) is 1. The Morgan fingerprint density at radius 1 is 0.907 bits per heavy atom. The van der Waals surface area contributed by atoms with Gasteiger partial charge in [0.1, 0.15) is 17.2 Å². The zero-order chi connectivity index (χ0) is 29.7. The number of carbonyl (C=O) groups is 3. The van der Waals surface area contributed by atoms with Crippen LogP contribution in [0.1, 0.15) is 56.8 Å². The first-order valence-corrected chi connectivity index (χ1v) is 14.9. The van der Waals surface area contributed by atoms with Crippen LogP contribution in [0.4, 0.5) is 5.69 Å². The molecule has 6 nitrogen and oxygen atoms in total. The lowest BCUT2D eigenvalue weighted by atomic mass is 9.62. The number of nitrogens with one attached hydrogen (secondary N) is 1. The number of benzene rings is 4. The second-order valence-electron chi connectivity index (χ2n) is 11.2. The molecule has 3 heterocycles. The molecule has 214 valence electrons. The van der Waals surface area contributed by atoms with Crippen LogP contribution in [-0.2, 0) is 10.2 Å². The van der Waals surface area contributed by atoms with E-state index in [9.17, 15) is 14.4 Å². The summed E-state index contributed by atoms with van der Waals surface area (Å²) in [6.45, 7) is 2.45. The average Bonchev–Trinajstić information content (AvgIpc) is 3.52. The quantitative estimate of drug-likeness (QED) is 0.233. The molecule has 7 rings (SSSR count). The van der Waals surface area contributed by atoms with Crippen molar-refractivity contribution in [2.24, 2.45) is 5.92 Å². The molecule has 0 unspecified atom stereocenters. The van der Waals surface area contributed by atoms with E-state index in [0.717, 1.165) is 17.5 Å². The number of carbonyl (C=O) groups excluding carboxylic acids is 3. The Hall–Kier alpha value is -4.68. The van der Waals surface area contributed by atoms with E-state index in [-0.39, 0.29) is 17.5 Å². The third-order valence-corrected chi connectivity index (χ3v) is 9.12. The number of para-hydroxylation sites is 2. The van der Waals surface area contributed by atoms with Gasteiger partial charge in [-0.2, -0.15) is 0 Å². The highest BCUT2D eigenvalue weighted by molar-refractivity contribution is 6.30. The fraction of sp³-hybridized carbons (Fsp3) is 0.194. The molecule has 43 heavy (non-hydrogen) atoms. The van der Waals surface area contributed by atoms with Crippen LogP contribution in [0.5, 0.6) is 5.75 Å². The Morgan fingerprint density at radius 3 is 2.44 bits per heavy atom. The Morgan fingerprint density at radius 2 is 1.63 bits per heavy atom. The third-order valence-electron chi connectivity index (χ3n) is 8.86. The number of ether oxygens (including phenoxy) is 1. The van der Waals surface area contributed by atoms with Gasteiger partial charge < -0.3 is 15.0 Å². The number of ketones is 2. The summed E-state index contributed by atoms with van der Waals surface area (Å²) in [6, 6.07) is 27.5. The standard InChI is InChI=1S/C36H29ClN2O4/c1-2-21-43-29-14-8-5-11-26(29)33(41)31-30(32(40)23-15-17-24(37)18-16-23)36(27-12-6-7-13-28(27)38-35(36)42)34-25-10-4-3-9-22(25)19-20-39(31)34/h3-20,30-31,34H,2,21H2,1H3,(H,38,42)/t30-,31+,34-,36-/m1/s1.